The van der Waals surface area contributed by atoms with Gasteiger partial charge in [0, 0.05) is 48.6 Å². The number of benzene rings is 2. The van der Waals surface area contributed by atoms with Gasteiger partial charge in [0.2, 0.25) is 0 Å². The number of cyclic esters (lactones) is 2. The van der Waals surface area contributed by atoms with Crippen LogP contribution in [-0.2, 0) is 44.1 Å². The molecule has 1 spiro atoms. The van der Waals surface area contributed by atoms with E-state index in [1.165, 1.54) is 0 Å². The fraction of sp³-hybridized carbons (Fsp3) is 0.452. The average Bonchev–Trinajstić information content (AvgIpc) is 3.85. The van der Waals surface area contributed by atoms with E-state index in [1.54, 1.807) is 19.4 Å². The van der Waals surface area contributed by atoms with Crippen LogP contribution < -0.4 is 14.7 Å². The first-order valence-electron chi connectivity index (χ1n) is 15.0. The molecule has 3 aromatic rings. The summed E-state index contributed by atoms with van der Waals surface area (Å²) in [5.41, 5.74) is 3.32. The number of aliphatic hydroxyl groups excluding tert-OH is 1. The predicted octanol–water partition coefficient (Wildman–Crippen LogP) is 2.98. The molecule has 4 aliphatic rings. The Morgan fingerprint density at radius 2 is 1.68 bits per heavy atom. The molecular formula is C31H34N6O7. The zero-order valence-corrected chi connectivity index (χ0v) is 24.4. The molecule has 13 nitrogen and oxygen atoms in total. The highest BCUT2D eigenvalue weighted by atomic mass is 16.6. The zero-order chi connectivity index (χ0) is 30.4. The molecule has 1 aromatic heterocycles. The van der Waals surface area contributed by atoms with Crippen molar-refractivity contribution in [2.45, 2.75) is 51.0 Å². The molecule has 13 heteroatoms. The number of carbonyl (C=O) groups is 3. The van der Waals surface area contributed by atoms with Crippen molar-refractivity contribution >= 4 is 35.2 Å². The van der Waals surface area contributed by atoms with Gasteiger partial charge in [-0.3, -0.25) is 19.3 Å². The number of aryl methyl sites for hydroxylation is 1. The third-order valence-corrected chi connectivity index (χ3v) is 8.95. The van der Waals surface area contributed by atoms with Crippen LogP contribution in [0.25, 0.3) is 0 Å². The second-order valence-corrected chi connectivity index (χ2v) is 11.6. The zero-order valence-electron chi connectivity index (χ0n) is 24.4. The highest BCUT2D eigenvalue weighted by Crippen LogP contribution is 2.54. The van der Waals surface area contributed by atoms with E-state index in [2.05, 4.69) is 10.3 Å². The number of amides is 3. The Balaban J connectivity index is 1.17. The van der Waals surface area contributed by atoms with Crippen molar-refractivity contribution in [1.82, 2.24) is 15.0 Å². The molecule has 3 saturated heterocycles. The smallest absolute Gasteiger partial charge is 0.414 e. The average molecular weight is 603 g/mol. The van der Waals surface area contributed by atoms with Crippen molar-refractivity contribution in [2.24, 2.45) is 5.92 Å². The molecule has 4 aliphatic heterocycles. The molecule has 7 rings (SSSR count). The summed E-state index contributed by atoms with van der Waals surface area (Å²) in [6, 6.07) is 13.2. The first-order chi connectivity index (χ1) is 21.4. The van der Waals surface area contributed by atoms with E-state index in [0.29, 0.717) is 64.3 Å². The highest BCUT2D eigenvalue weighted by Gasteiger charge is 2.60. The summed E-state index contributed by atoms with van der Waals surface area (Å²) in [6.07, 6.45) is 2.60. The molecule has 0 radical (unpaired) electrons. The Morgan fingerprint density at radius 1 is 0.977 bits per heavy atom. The molecule has 0 unspecified atom stereocenters. The molecule has 0 aliphatic carbocycles. The van der Waals surface area contributed by atoms with Gasteiger partial charge >= 0.3 is 12.2 Å². The van der Waals surface area contributed by atoms with Gasteiger partial charge in [-0.05, 0) is 48.7 Å². The third kappa shape index (κ3) is 4.76. The minimum atomic E-state index is -1.21. The second kappa shape index (κ2) is 11.2. The van der Waals surface area contributed by atoms with Crippen molar-refractivity contribution in [3.05, 3.63) is 65.5 Å². The molecule has 0 bridgehead atoms. The summed E-state index contributed by atoms with van der Waals surface area (Å²) in [4.78, 5) is 43.8. The van der Waals surface area contributed by atoms with Crippen LogP contribution in [0.3, 0.4) is 0 Å². The fourth-order valence-corrected chi connectivity index (χ4v) is 6.73. The van der Waals surface area contributed by atoms with E-state index < -0.39 is 11.7 Å². The van der Waals surface area contributed by atoms with Crippen molar-refractivity contribution in [3.63, 3.8) is 0 Å². The highest BCUT2D eigenvalue weighted by molar-refractivity contribution is 6.08. The van der Waals surface area contributed by atoms with Gasteiger partial charge in [0.1, 0.15) is 13.2 Å². The van der Waals surface area contributed by atoms with E-state index in [9.17, 15) is 19.5 Å². The van der Waals surface area contributed by atoms with E-state index in [-0.39, 0.29) is 30.6 Å². The number of ether oxygens (including phenoxy) is 3. The first kappa shape index (κ1) is 28.3. The number of aromatic nitrogens is 3. The first-order valence-corrected chi connectivity index (χ1v) is 15.0. The maximum absolute atomic E-state index is 14.5. The summed E-state index contributed by atoms with van der Waals surface area (Å²) < 4.78 is 18.7. The summed E-state index contributed by atoms with van der Waals surface area (Å²) in [7, 11) is 0. The number of hydrogen-bond acceptors (Lipinski definition) is 9. The van der Waals surface area contributed by atoms with E-state index in [1.807, 2.05) is 55.6 Å². The van der Waals surface area contributed by atoms with Gasteiger partial charge in [-0.25, -0.2) is 9.59 Å². The molecule has 44 heavy (non-hydrogen) atoms. The SMILES string of the molecule is C[C@@H]1C[C@H](CCn2cc(CCO)nn2)O[C@@]12C(=O)N(Cc1ccc(N3CCOC3=O)cc1)c1ccc(N3CCOC3=O)cc12. The Morgan fingerprint density at radius 3 is 2.36 bits per heavy atom. The van der Waals surface area contributed by atoms with Gasteiger partial charge in [0.05, 0.1) is 37.1 Å². The van der Waals surface area contributed by atoms with Crippen molar-refractivity contribution in [3.8, 4) is 0 Å². The Hall–Kier alpha value is -4.49. The lowest BCUT2D eigenvalue weighted by Gasteiger charge is -2.28. The van der Waals surface area contributed by atoms with Crippen LogP contribution in [0.1, 0.15) is 36.6 Å². The Labute approximate surface area is 253 Å². The fourth-order valence-electron chi connectivity index (χ4n) is 6.73. The largest absolute Gasteiger partial charge is 0.447 e. The predicted molar refractivity (Wildman–Crippen MR) is 157 cm³/mol. The molecule has 2 aromatic carbocycles. The number of aliphatic hydroxyl groups is 1. The number of nitrogens with zero attached hydrogens (tertiary/aromatic N) is 6. The molecule has 0 saturated carbocycles. The molecule has 3 atom stereocenters. The van der Waals surface area contributed by atoms with E-state index in [4.69, 9.17) is 14.2 Å². The minimum absolute atomic E-state index is 0.0108. The van der Waals surface area contributed by atoms with Crippen LogP contribution >= 0.6 is 0 Å². The van der Waals surface area contributed by atoms with E-state index >= 15 is 0 Å². The molecular weight excluding hydrogens is 568 g/mol. The van der Waals surface area contributed by atoms with Crippen LogP contribution in [0, 0.1) is 5.92 Å². The monoisotopic (exact) mass is 602 g/mol. The molecule has 3 amide bonds. The summed E-state index contributed by atoms with van der Waals surface area (Å²) in [5.74, 6) is -0.268. The number of anilines is 3. The topological polar surface area (TPSA) is 140 Å². The lowest BCUT2D eigenvalue weighted by molar-refractivity contribution is -0.146. The minimum Gasteiger partial charge on any atom is -0.447 e. The van der Waals surface area contributed by atoms with Gasteiger partial charge in [-0.2, -0.15) is 0 Å². The van der Waals surface area contributed by atoms with Crippen LogP contribution in [-0.4, -0.2) is 77.2 Å². The van der Waals surface area contributed by atoms with Crippen molar-refractivity contribution < 1.29 is 33.7 Å². The third-order valence-electron chi connectivity index (χ3n) is 8.95. The summed E-state index contributed by atoms with van der Waals surface area (Å²) >= 11 is 0. The maximum atomic E-state index is 14.5. The van der Waals surface area contributed by atoms with Gasteiger partial charge < -0.3 is 24.2 Å². The lowest BCUT2D eigenvalue weighted by atomic mass is 9.82. The Bertz CT molecular complexity index is 1590. The van der Waals surface area contributed by atoms with Gasteiger partial charge in [-0.1, -0.05) is 24.3 Å². The van der Waals surface area contributed by atoms with Crippen molar-refractivity contribution in [2.75, 3.05) is 47.6 Å². The van der Waals surface area contributed by atoms with Crippen LogP contribution in [0.15, 0.2) is 48.7 Å². The summed E-state index contributed by atoms with van der Waals surface area (Å²) in [5, 5.41) is 17.4. The number of hydrogen-bond donors (Lipinski definition) is 1. The number of fused-ring (bicyclic) bond motifs is 2. The summed E-state index contributed by atoms with van der Waals surface area (Å²) in [6.45, 7) is 4.55. The van der Waals surface area contributed by atoms with Gasteiger partial charge in [0.25, 0.3) is 5.91 Å². The lowest BCUT2D eigenvalue weighted by Crippen LogP contribution is -2.43. The molecule has 5 heterocycles. The van der Waals surface area contributed by atoms with Crippen LogP contribution in [0.4, 0.5) is 26.7 Å². The van der Waals surface area contributed by atoms with Gasteiger partial charge in [0.15, 0.2) is 5.60 Å². The molecule has 1 N–H and O–H groups in total. The normalized spacial score (nSPS) is 24.5. The quantitative estimate of drug-likeness (QED) is 0.392. The maximum Gasteiger partial charge on any atom is 0.414 e. The Kier molecular flexibility index (Phi) is 7.21. The van der Waals surface area contributed by atoms with E-state index in [0.717, 1.165) is 28.2 Å². The molecule has 3 fully saturated rings. The number of carbonyl (C=O) groups excluding carboxylic acids is 3. The van der Waals surface area contributed by atoms with Crippen LogP contribution in [0.2, 0.25) is 0 Å². The van der Waals surface area contributed by atoms with Gasteiger partial charge in [-0.15, -0.1) is 5.10 Å². The number of rotatable bonds is 9. The van der Waals surface area contributed by atoms with Crippen molar-refractivity contribution in [1.29, 1.82) is 0 Å². The standard InChI is InChI=1S/C31H34N6O7/c1-20-16-25(8-10-34-19-22(9-13-38)32-33-34)44-31(20)26-17-24(36-12-15-43-30(36)41)6-7-27(26)37(28(31)39)18-21-2-4-23(5-3-21)35-11-14-42-29(35)40/h2-7,17,19-20,25,38H,8-16,18H2,1H3/t20-,25+,31+/m1/s1. The van der Waals surface area contributed by atoms with Crippen LogP contribution in [0.5, 0.6) is 0 Å². The molecule has 230 valence electrons. The second-order valence-electron chi connectivity index (χ2n) is 11.6.